The van der Waals surface area contributed by atoms with Gasteiger partial charge in [0.1, 0.15) is 11.9 Å². The number of carbonyl (C=O) groups excluding carboxylic acids is 1. The molecule has 1 saturated heterocycles. The van der Waals surface area contributed by atoms with E-state index < -0.39 is 18.0 Å². The molecule has 5 nitrogen and oxygen atoms in total. The lowest BCUT2D eigenvalue weighted by atomic mass is 10.1. The third-order valence-corrected chi connectivity index (χ3v) is 2.97. The van der Waals surface area contributed by atoms with Crippen molar-refractivity contribution in [1.82, 2.24) is 10.6 Å². The maximum absolute atomic E-state index is 13.4. The molecule has 6 heteroatoms. The molecule has 0 bridgehead atoms. The van der Waals surface area contributed by atoms with Crippen LogP contribution >= 0.6 is 0 Å². The quantitative estimate of drug-likeness (QED) is 0.717. The van der Waals surface area contributed by atoms with Crippen LogP contribution in [0.2, 0.25) is 0 Å². The van der Waals surface area contributed by atoms with Crippen molar-refractivity contribution >= 4 is 5.91 Å². The molecule has 0 radical (unpaired) electrons. The van der Waals surface area contributed by atoms with Gasteiger partial charge in [-0.3, -0.25) is 4.79 Å². The van der Waals surface area contributed by atoms with Crippen LogP contribution < -0.4 is 10.6 Å². The maximum Gasteiger partial charge on any atom is 0.239 e. The van der Waals surface area contributed by atoms with Gasteiger partial charge in [0.25, 0.3) is 0 Å². The molecule has 0 aromatic heterocycles. The Balaban J connectivity index is 1.84. The normalized spacial score (nSPS) is 20.8. The highest BCUT2D eigenvalue weighted by Crippen LogP contribution is 2.15. The van der Waals surface area contributed by atoms with Gasteiger partial charge in [-0.2, -0.15) is 0 Å². The molecule has 0 saturated carbocycles. The molecule has 0 unspecified atom stereocenters. The topological polar surface area (TPSA) is 70.6 Å². The van der Waals surface area contributed by atoms with Gasteiger partial charge in [-0.15, -0.1) is 0 Å². The molecule has 1 aromatic rings. The average molecular weight is 268 g/mol. The van der Waals surface area contributed by atoms with Crippen LogP contribution in [0, 0.1) is 5.82 Å². The number of carbonyl (C=O) groups is 1. The summed E-state index contributed by atoms with van der Waals surface area (Å²) in [6.45, 7) is 1.48. The number of aliphatic hydroxyl groups excluding tert-OH is 1. The van der Waals surface area contributed by atoms with Gasteiger partial charge in [0.2, 0.25) is 5.91 Å². The zero-order valence-corrected chi connectivity index (χ0v) is 10.4. The van der Waals surface area contributed by atoms with Gasteiger partial charge in [0, 0.05) is 18.7 Å². The molecular weight excluding hydrogens is 251 g/mol. The fraction of sp³-hybridized carbons (Fsp3) is 0.462. The predicted molar refractivity (Wildman–Crippen MR) is 67.0 cm³/mol. The summed E-state index contributed by atoms with van der Waals surface area (Å²) in [7, 11) is 0. The standard InChI is InChI=1S/C13H17FN2O3/c14-10-4-2-1-3-9(10)12(17)7-16-13(18)11-8-19-6-5-15-11/h1-4,11-12,15,17H,5-8H2,(H,16,18)/t11-,12+/m0/s1. The van der Waals surface area contributed by atoms with E-state index in [1.54, 1.807) is 12.1 Å². The van der Waals surface area contributed by atoms with Crippen LogP contribution in [0.25, 0.3) is 0 Å². The number of benzene rings is 1. The van der Waals surface area contributed by atoms with E-state index in [1.807, 2.05) is 0 Å². The van der Waals surface area contributed by atoms with Crippen LogP contribution in [0.3, 0.4) is 0 Å². The molecule has 0 aliphatic carbocycles. The number of halogens is 1. The zero-order valence-electron chi connectivity index (χ0n) is 10.4. The van der Waals surface area contributed by atoms with Gasteiger partial charge < -0.3 is 20.5 Å². The number of nitrogens with one attached hydrogen (secondary N) is 2. The number of ether oxygens (including phenoxy) is 1. The Morgan fingerprint density at radius 2 is 2.37 bits per heavy atom. The second-order valence-corrected chi connectivity index (χ2v) is 4.36. The Morgan fingerprint density at radius 3 is 3.05 bits per heavy atom. The molecule has 1 amide bonds. The van der Waals surface area contributed by atoms with Crippen LogP contribution in [-0.4, -0.2) is 43.4 Å². The molecule has 2 atom stereocenters. The van der Waals surface area contributed by atoms with Gasteiger partial charge in [0.05, 0.1) is 19.3 Å². The summed E-state index contributed by atoms with van der Waals surface area (Å²) in [5, 5.41) is 15.4. The van der Waals surface area contributed by atoms with Crippen molar-refractivity contribution in [3.63, 3.8) is 0 Å². The first-order valence-corrected chi connectivity index (χ1v) is 6.20. The zero-order chi connectivity index (χ0) is 13.7. The molecule has 1 heterocycles. The Kier molecular flexibility index (Phi) is 4.84. The predicted octanol–water partition coefficient (Wildman–Crippen LogP) is -0.0363. The van der Waals surface area contributed by atoms with Crippen LogP contribution in [0.1, 0.15) is 11.7 Å². The summed E-state index contributed by atoms with van der Waals surface area (Å²) in [6, 6.07) is 5.54. The average Bonchev–Trinajstić information content (AvgIpc) is 2.46. The lowest BCUT2D eigenvalue weighted by molar-refractivity contribution is -0.126. The molecule has 19 heavy (non-hydrogen) atoms. The minimum absolute atomic E-state index is 0.0298. The highest BCUT2D eigenvalue weighted by Gasteiger charge is 2.22. The Labute approximate surface area is 110 Å². The molecule has 1 aliphatic rings. The summed E-state index contributed by atoms with van der Waals surface area (Å²) in [5.41, 5.74) is 0.177. The number of morpholine rings is 1. The van der Waals surface area contributed by atoms with Crippen molar-refractivity contribution in [3.05, 3.63) is 35.6 Å². The van der Waals surface area contributed by atoms with E-state index in [1.165, 1.54) is 12.1 Å². The summed E-state index contributed by atoms with van der Waals surface area (Å²) >= 11 is 0. The van der Waals surface area contributed by atoms with E-state index in [0.717, 1.165) is 0 Å². The Bertz CT molecular complexity index is 436. The van der Waals surface area contributed by atoms with Crippen LogP contribution in [0.4, 0.5) is 4.39 Å². The van der Waals surface area contributed by atoms with Crippen molar-refractivity contribution in [2.24, 2.45) is 0 Å². The maximum atomic E-state index is 13.4. The van der Waals surface area contributed by atoms with Gasteiger partial charge in [-0.05, 0) is 6.07 Å². The second kappa shape index (κ2) is 6.60. The third kappa shape index (κ3) is 3.73. The van der Waals surface area contributed by atoms with E-state index in [9.17, 15) is 14.3 Å². The van der Waals surface area contributed by atoms with E-state index in [2.05, 4.69) is 10.6 Å². The summed E-state index contributed by atoms with van der Waals surface area (Å²) in [6.07, 6.45) is -1.06. The van der Waals surface area contributed by atoms with Crippen molar-refractivity contribution in [3.8, 4) is 0 Å². The van der Waals surface area contributed by atoms with Crippen LogP contribution in [0.15, 0.2) is 24.3 Å². The number of hydrogen-bond acceptors (Lipinski definition) is 4. The van der Waals surface area contributed by atoms with Crippen molar-refractivity contribution in [2.75, 3.05) is 26.3 Å². The van der Waals surface area contributed by atoms with Crippen LogP contribution in [-0.2, 0) is 9.53 Å². The SMILES string of the molecule is O=C(NC[C@@H](O)c1ccccc1F)[C@@H]1COCCN1. The molecule has 1 fully saturated rings. The number of aliphatic hydroxyl groups is 1. The molecular formula is C13H17FN2O3. The molecule has 0 spiro atoms. The molecule has 1 aliphatic heterocycles. The highest BCUT2D eigenvalue weighted by molar-refractivity contribution is 5.82. The largest absolute Gasteiger partial charge is 0.386 e. The molecule has 3 N–H and O–H groups in total. The number of amides is 1. The first-order chi connectivity index (χ1) is 9.18. The first kappa shape index (κ1) is 13.9. The van der Waals surface area contributed by atoms with E-state index in [0.29, 0.717) is 19.8 Å². The van der Waals surface area contributed by atoms with Crippen LogP contribution in [0.5, 0.6) is 0 Å². The second-order valence-electron chi connectivity index (χ2n) is 4.36. The fourth-order valence-corrected chi connectivity index (χ4v) is 1.91. The summed E-state index contributed by atoms with van der Waals surface area (Å²) in [5.74, 6) is -0.738. The highest BCUT2D eigenvalue weighted by atomic mass is 19.1. The van der Waals surface area contributed by atoms with Gasteiger partial charge in [-0.25, -0.2) is 4.39 Å². The minimum atomic E-state index is -1.06. The third-order valence-electron chi connectivity index (χ3n) is 2.97. The van der Waals surface area contributed by atoms with E-state index in [4.69, 9.17) is 4.74 Å². The fourth-order valence-electron chi connectivity index (χ4n) is 1.91. The van der Waals surface area contributed by atoms with Gasteiger partial charge in [-0.1, -0.05) is 18.2 Å². The lowest BCUT2D eigenvalue weighted by Gasteiger charge is -2.23. The number of rotatable bonds is 4. The van der Waals surface area contributed by atoms with Crippen molar-refractivity contribution < 1.29 is 19.0 Å². The molecule has 1 aromatic carbocycles. The lowest BCUT2D eigenvalue weighted by Crippen LogP contribution is -2.51. The Hall–Kier alpha value is -1.50. The van der Waals surface area contributed by atoms with Gasteiger partial charge in [0.15, 0.2) is 0 Å². The monoisotopic (exact) mass is 268 g/mol. The minimum Gasteiger partial charge on any atom is -0.386 e. The summed E-state index contributed by atoms with van der Waals surface area (Å²) in [4.78, 5) is 11.8. The molecule has 104 valence electrons. The van der Waals surface area contributed by atoms with E-state index in [-0.39, 0.29) is 18.0 Å². The Morgan fingerprint density at radius 1 is 1.58 bits per heavy atom. The van der Waals surface area contributed by atoms with Crippen molar-refractivity contribution in [2.45, 2.75) is 12.1 Å². The van der Waals surface area contributed by atoms with Gasteiger partial charge >= 0.3 is 0 Å². The summed E-state index contributed by atoms with van der Waals surface area (Å²) < 4.78 is 18.6. The van der Waals surface area contributed by atoms with E-state index >= 15 is 0 Å². The molecule has 2 rings (SSSR count). The smallest absolute Gasteiger partial charge is 0.239 e. The first-order valence-electron chi connectivity index (χ1n) is 6.20. The van der Waals surface area contributed by atoms with Crippen molar-refractivity contribution in [1.29, 1.82) is 0 Å². The number of hydrogen-bond donors (Lipinski definition) is 3.